The van der Waals surface area contributed by atoms with Gasteiger partial charge >= 0.3 is 5.82 Å². The number of halogens is 1. The van der Waals surface area contributed by atoms with Crippen molar-refractivity contribution in [3.8, 4) is 0 Å². The van der Waals surface area contributed by atoms with E-state index in [2.05, 4.69) is 20.9 Å². The minimum absolute atomic E-state index is 0.0214. The van der Waals surface area contributed by atoms with E-state index in [1.807, 2.05) is 0 Å². The van der Waals surface area contributed by atoms with E-state index >= 15 is 0 Å². The van der Waals surface area contributed by atoms with Crippen molar-refractivity contribution < 1.29 is 4.92 Å². The maximum Gasteiger partial charge on any atom is 0.343 e. The summed E-state index contributed by atoms with van der Waals surface area (Å²) in [5.41, 5.74) is 0. The molecule has 0 aromatic carbocycles. The summed E-state index contributed by atoms with van der Waals surface area (Å²) < 4.78 is 1.80. The van der Waals surface area contributed by atoms with Crippen LogP contribution in [-0.2, 0) is 7.05 Å². The summed E-state index contributed by atoms with van der Waals surface area (Å²) in [7, 11) is 1.56. The van der Waals surface area contributed by atoms with E-state index in [1.54, 1.807) is 7.05 Å². The summed E-state index contributed by atoms with van der Waals surface area (Å²) in [6.07, 6.45) is 1.20. The van der Waals surface area contributed by atoms with Crippen molar-refractivity contribution in [1.82, 2.24) is 9.55 Å². The van der Waals surface area contributed by atoms with Crippen molar-refractivity contribution in [3.63, 3.8) is 0 Å². The Bertz CT molecular complexity index is 269. The van der Waals surface area contributed by atoms with E-state index in [4.69, 9.17) is 0 Å². The van der Waals surface area contributed by atoms with Gasteiger partial charge in [0.2, 0.25) is 0 Å². The molecule has 0 bridgehead atoms. The molecule has 0 N–H and O–H groups in total. The highest BCUT2D eigenvalue weighted by Gasteiger charge is 2.12. The zero-order valence-corrected chi connectivity index (χ0v) is 6.70. The third-order valence-electron chi connectivity index (χ3n) is 1.09. The lowest BCUT2D eigenvalue weighted by Gasteiger charge is -1.91. The highest BCUT2D eigenvalue weighted by Crippen LogP contribution is 2.15. The van der Waals surface area contributed by atoms with Gasteiger partial charge in [-0.25, -0.2) is 9.55 Å². The quantitative estimate of drug-likeness (QED) is 0.510. The Kier molecular flexibility index (Phi) is 1.71. The van der Waals surface area contributed by atoms with Crippen LogP contribution in [0.15, 0.2) is 10.9 Å². The van der Waals surface area contributed by atoms with Gasteiger partial charge in [-0.05, 0) is 4.92 Å². The second-order valence-electron chi connectivity index (χ2n) is 1.70. The van der Waals surface area contributed by atoms with Crippen LogP contribution in [0, 0.1) is 10.1 Å². The molecule has 1 aromatic heterocycles. The van der Waals surface area contributed by atoms with Crippen molar-refractivity contribution >= 4 is 21.7 Å². The molecule has 0 saturated heterocycles. The van der Waals surface area contributed by atoms with Crippen molar-refractivity contribution in [2.45, 2.75) is 0 Å². The molecule has 0 radical (unpaired) electrons. The first kappa shape index (κ1) is 7.20. The number of nitro groups is 1. The van der Waals surface area contributed by atoms with Gasteiger partial charge in [0.1, 0.15) is 6.20 Å². The van der Waals surface area contributed by atoms with E-state index in [-0.39, 0.29) is 5.82 Å². The third kappa shape index (κ3) is 1.02. The highest BCUT2D eigenvalue weighted by atomic mass is 79.9. The van der Waals surface area contributed by atoms with Crippen molar-refractivity contribution in [2.24, 2.45) is 7.05 Å². The van der Waals surface area contributed by atoms with Crippen LogP contribution in [0.3, 0.4) is 0 Å². The molecule has 5 nitrogen and oxygen atoms in total. The fraction of sp³-hybridized carbons (Fsp3) is 0.250. The summed E-state index contributed by atoms with van der Waals surface area (Å²) in [5.74, 6) is -0.0214. The minimum Gasteiger partial charge on any atom is -0.358 e. The van der Waals surface area contributed by atoms with Gasteiger partial charge in [0.05, 0.1) is 7.05 Å². The topological polar surface area (TPSA) is 61.0 Å². The Morgan fingerprint density at radius 1 is 1.90 bits per heavy atom. The molecule has 0 spiro atoms. The second kappa shape index (κ2) is 2.37. The van der Waals surface area contributed by atoms with Crippen LogP contribution in [0.1, 0.15) is 0 Å². The Morgan fingerprint density at radius 3 is 2.70 bits per heavy atom. The van der Waals surface area contributed by atoms with E-state index in [0.717, 1.165) is 0 Å². The van der Waals surface area contributed by atoms with Crippen LogP contribution in [0.2, 0.25) is 0 Å². The van der Waals surface area contributed by atoms with Gasteiger partial charge in [0.25, 0.3) is 4.73 Å². The van der Waals surface area contributed by atoms with Crippen LogP contribution < -0.4 is 0 Å². The Labute approximate surface area is 65.0 Å². The lowest BCUT2D eigenvalue weighted by atomic mass is 10.8. The SMILES string of the molecule is Cn1c([N+](=O)[O-])cnc1Br. The van der Waals surface area contributed by atoms with Gasteiger partial charge in [-0.3, -0.25) is 0 Å². The number of hydrogen-bond donors (Lipinski definition) is 0. The van der Waals surface area contributed by atoms with Crippen LogP contribution in [-0.4, -0.2) is 14.5 Å². The molecule has 0 atom stereocenters. The summed E-state index contributed by atoms with van der Waals surface area (Å²) >= 11 is 3.03. The number of aromatic nitrogens is 2. The largest absolute Gasteiger partial charge is 0.358 e. The van der Waals surface area contributed by atoms with Crippen molar-refractivity contribution in [1.29, 1.82) is 0 Å². The molecule has 1 rings (SSSR count). The zero-order chi connectivity index (χ0) is 7.72. The van der Waals surface area contributed by atoms with Crippen molar-refractivity contribution in [2.75, 3.05) is 0 Å². The van der Waals surface area contributed by atoms with Gasteiger partial charge in [-0.15, -0.1) is 0 Å². The molecule has 0 aliphatic heterocycles. The molecule has 6 heteroatoms. The fourth-order valence-corrected chi connectivity index (χ4v) is 0.832. The Morgan fingerprint density at radius 2 is 2.50 bits per heavy atom. The molecule has 1 heterocycles. The van der Waals surface area contributed by atoms with E-state index in [1.165, 1.54) is 10.8 Å². The number of hydrogen-bond acceptors (Lipinski definition) is 3. The van der Waals surface area contributed by atoms with Gasteiger partial charge in [0, 0.05) is 15.9 Å². The molecule has 0 aliphatic carbocycles. The molecule has 0 aliphatic rings. The van der Waals surface area contributed by atoms with Crippen molar-refractivity contribution in [3.05, 3.63) is 21.0 Å². The standard InChI is InChI=1S/C4H4BrN3O2/c1-7-3(8(9)10)2-6-4(7)5/h2H,1H3. The maximum absolute atomic E-state index is 10.2. The van der Waals surface area contributed by atoms with E-state index < -0.39 is 4.92 Å². The average molecular weight is 206 g/mol. The van der Waals surface area contributed by atoms with Crippen LogP contribution in [0.4, 0.5) is 5.82 Å². The molecule has 0 saturated carbocycles. The third-order valence-corrected chi connectivity index (χ3v) is 1.83. The summed E-state index contributed by atoms with van der Waals surface area (Å²) in [5, 5.41) is 10.2. The molecule has 10 heavy (non-hydrogen) atoms. The van der Waals surface area contributed by atoms with Gasteiger partial charge in [0.15, 0.2) is 0 Å². The lowest BCUT2D eigenvalue weighted by Crippen LogP contribution is -1.96. The zero-order valence-electron chi connectivity index (χ0n) is 5.11. The van der Waals surface area contributed by atoms with Gasteiger partial charge in [-0.1, -0.05) is 0 Å². The minimum atomic E-state index is -0.488. The average Bonchev–Trinajstić information content (AvgIpc) is 2.14. The predicted molar refractivity (Wildman–Crippen MR) is 37.6 cm³/mol. The molecular weight excluding hydrogens is 202 g/mol. The molecule has 1 aromatic rings. The highest BCUT2D eigenvalue weighted by molar-refractivity contribution is 9.10. The van der Waals surface area contributed by atoms with Gasteiger partial charge in [-0.2, -0.15) is 0 Å². The fourth-order valence-electron chi connectivity index (χ4n) is 0.548. The van der Waals surface area contributed by atoms with E-state index in [0.29, 0.717) is 4.73 Å². The Hall–Kier alpha value is -0.910. The summed E-state index contributed by atoms with van der Waals surface area (Å²) in [4.78, 5) is 13.3. The second-order valence-corrected chi connectivity index (χ2v) is 2.41. The van der Waals surface area contributed by atoms with Gasteiger partial charge < -0.3 is 10.1 Å². The monoisotopic (exact) mass is 205 g/mol. The maximum atomic E-state index is 10.2. The number of imidazole rings is 1. The molecule has 0 fully saturated rings. The molecule has 0 unspecified atom stereocenters. The Balaban J connectivity index is 3.17. The smallest absolute Gasteiger partial charge is 0.343 e. The molecule has 54 valence electrons. The predicted octanol–water partition coefficient (Wildman–Crippen LogP) is 1.09. The van der Waals surface area contributed by atoms with Crippen LogP contribution in [0.5, 0.6) is 0 Å². The first-order valence-electron chi connectivity index (χ1n) is 2.44. The number of nitrogens with zero attached hydrogens (tertiary/aromatic N) is 3. The number of rotatable bonds is 1. The van der Waals surface area contributed by atoms with Crippen LogP contribution in [0.25, 0.3) is 0 Å². The summed E-state index contributed by atoms with van der Waals surface area (Å²) in [6.45, 7) is 0. The first-order chi connectivity index (χ1) is 4.63. The molecular formula is C4H4BrN3O2. The van der Waals surface area contributed by atoms with Crippen LogP contribution >= 0.6 is 15.9 Å². The molecule has 0 amide bonds. The normalized spacial score (nSPS) is 9.80. The summed E-state index contributed by atoms with van der Waals surface area (Å²) in [6, 6.07) is 0. The lowest BCUT2D eigenvalue weighted by molar-refractivity contribution is -0.391. The van der Waals surface area contributed by atoms with E-state index in [9.17, 15) is 10.1 Å². The first-order valence-corrected chi connectivity index (χ1v) is 3.24.